The number of morpholine rings is 1. The van der Waals surface area contributed by atoms with E-state index >= 15 is 0 Å². The van der Waals surface area contributed by atoms with Crippen LogP contribution in [0, 0.1) is 5.82 Å². The number of nitrogens with one attached hydrogen (secondary N) is 1. The van der Waals surface area contributed by atoms with Gasteiger partial charge < -0.3 is 15.0 Å². The molecule has 0 radical (unpaired) electrons. The monoisotopic (exact) mass is 280 g/mol. The van der Waals surface area contributed by atoms with Crippen molar-refractivity contribution in [1.82, 2.24) is 5.32 Å². The predicted molar refractivity (Wildman–Crippen MR) is 80.7 cm³/mol. The molecule has 1 aliphatic heterocycles. The van der Waals surface area contributed by atoms with E-state index in [2.05, 4.69) is 37.9 Å². The normalized spacial score (nSPS) is 24.8. The molecular formula is C16H25FN2O. The van der Waals surface area contributed by atoms with Crippen molar-refractivity contribution < 1.29 is 9.13 Å². The molecule has 1 aromatic rings. The summed E-state index contributed by atoms with van der Waals surface area (Å²) in [6.07, 6.45) is 0.400. The lowest BCUT2D eigenvalue weighted by atomic mass is 10.0. The van der Waals surface area contributed by atoms with Crippen molar-refractivity contribution in [2.75, 3.05) is 24.5 Å². The topological polar surface area (TPSA) is 24.5 Å². The SMILES string of the molecule is CCNC(C)c1cc(F)ccc1N1C[C@@H](C)O[C@@H](C)C1. The zero-order chi connectivity index (χ0) is 14.7. The maximum absolute atomic E-state index is 13.6. The second kappa shape index (κ2) is 6.55. The second-order valence-electron chi connectivity index (χ2n) is 5.64. The van der Waals surface area contributed by atoms with Crippen molar-refractivity contribution in [3.63, 3.8) is 0 Å². The summed E-state index contributed by atoms with van der Waals surface area (Å²) in [7, 11) is 0. The van der Waals surface area contributed by atoms with Gasteiger partial charge in [0.05, 0.1) is 12.2 Å². The Labute approximate surface area is 121 Å². The molecule has 112 valence electrons. The zero-order valence-electron chi connectivity index (χ0n) is 12.8. The molecule has 1 unspecified atom stereocenters. The summed E-state index contributed by atoms with van der Waals surface area (Å²) in [5.41, 5.74) is 2.13. The van der Waals surface area contributed by atoms with Crippen LogP contribution in [0.1, 0.15) is 39.3 Å². The molecular weight excluding hydrogens is 255 g/mol. The summed E-state index contributed by atoms with van der Waals surface area (Å²) >= 11 is 0. The average Bonchev–Trinajstić information content (AvgIpc) is 2.37. The van der Waals surface area contributed by atoms with Crippen LogP contribution < -0.4 is 10.2 Å². The number of benzene rings is 1. The molecule has 1 fully saturated rings. The van der Waals surface area contributed by atoms with Crippen molar-refractivity contribution in [3.05, 3.63) is 29.6 Å². The molecule has 20 heavy (non-hydrogen) atoms. The van der Waals surface area contributed by atoms with Gasteiger partial charge in [-0.25, -0.2) is 4.39 Å². The van der Waals surface area contributed by atoms with Gasteiger partial charge in [-0.3, -0.25) is 0 Å². The molecule has 1 N–H and O–H groups in total. The highest BCUT2D eigenvalue weighted by Gasteiger charge is 2.25. The third-order valence-corrected chi connectivity index (χ3v) is 3.73. The third kappa shape index (κ3) is 3.49. The first kappa shape index (κ1) is 15.3. The van der Waals surface area contributed by atoms with Crippen molar-refractivity contribution in [2.24, 2.45) is 0 Å². The Hall–Kier alpha value is -1.13. The number of nitrogens with zero attached hydrogens (tertiary/aromatic N) is 1. The molecule has 0 spiro atoms. The molecule has 1 aliphatic rings. The Morgan fingerprint density at radius 3 is 2.60 bits per heavy atom. The average molecular weight is 280 g/mol. The molecule has 3 atom stereocenters. The van der Waals surface area contributed by atoms with E-state index in [4.69, 9.17) is 4.74 Å². The molecule has 3 nitrogen and oxygen atoms in total. The van der Waals surface area contributed by atoms with Crippen LogP contribution in [-0.2, 0) is 4.74 Å². The summed E-state index contributed by atoms with van der Waals surface area (Å²) in [5, 5.41) is 3.37. The van der Waals surface area contributed by atoms with Gasteiger partial charge in [0, 0.05) is 24.8 Å². The standard InChI is InChI=1S/C16H25FN2O/c1-5-18-13(4)15-8-14(17)6-7-16(15)19-9-11(2)20-12(3)10-19/h6-8,11-13,18H,5,9-10H2,1-4H3/t11-,12+,13?. The summed E-state index contributed by atoms with van der Waals surface area (Å²) < 4.78 is 19.4. The fraction of sp³-hybridized carbons (Fsp3) is 0.625. The van der Waals surface area contributed by atoms with Crippen molar-refractivity contribution >= 4 is 5.69 Å². The van der Waals surface area contributed by atoms with Crippen molar-refractivity contribution in [3.8, 4) is 0 Å². The molecule has 4 heteroatoms. The zero-order valence-corrected chi connectivity index (χ0v) is 12.8. The van der Waals surface area contributed by atoms with Gasteiger partial charge in [0.15, 0.2) is 0 Å². The van der Waals surface area contributed by atoms with E-state index in [-0.39, 0.29) is 24.1 Å². The van der Waals surface area contributed by atoms with Crippen molar-refractivity contribution in [1.29, 1.82) is 0 Å². The number of halogens is 1. The van der Waals surface area contributed by atoms with Gasteiger partial charge in [-0.15, -0.1) is 0 Å². The van der Waals surface area contributed by atoms with Gasteiger partial charge in [0.1, 0.15) is 5.82 Å². The highest BCUT2D eigenvalue weighted by atomic mass is 19.1. The Balaban J connectivity index is 2.30. The Morgan fingerprint density at radius 2 is 2.00 bits per heavy atom. The van der Waals surface area contributed by atoms with Crippen LogP contribution in [0.25, 0.3) is 0 Å². The molecule has 1 saturated heterocycles. The van der Waals surface area contributed by atoms with Gasteiger partial charge in [0.25, 0.3) is 0 Å². The first-order valence-electron chi connectivity index (χ1n) is 7.44. The molecule has 0 aromatic heterocycles. The van der Waals surface area contributed by atoms with E-state index in [1.54, 1.807) is 12.1 Å². The van der Waals surface area contributed by atoms with Crippen molar-refractivity contribution in [2.45, 2.75) is 45.9 Å². The lowest BCUT2D eigenvalue weighted by molar-refractivity contribution is -0.00528. The molecule has 2 rings (SSSR count). The minimum Gasteiger partial charge on any atom is -0.372 e. The van der Waals surface area contributed by atoms with E-state index < -0.39 is 0 Å². The number of anilines is 1. The van der Waals surface area contributed by atoms with E-state index in [9.17, 15) is 4.39 Å². The first-order chi connectivity index (χ1) is 9.51. The summed E-state index contributed by atoms with van der Waals surface area (Å²) in [6, 6.07) is 5.22. The predicted octanol–water partition coefficient (Wildman–Crippen LogP) is 3.11. The molecule has 0 aliphatic carbocycles. The number of hydrogen-bond acceptors (Lipinski definition) is 3. The number of hydrogen-bond donors (Lipinski definition) is 1. The van der Waals surface area contributed by atoms with Crippen LogP contribution in [0.3, 0.4) is 0 Å². The molecule has 1 heterocycles. The van der Waals surface area contributed by atoms with Crippen LogP contribution in [0.4, 0.5) is 10.1 Å². The molecule has 0 amide bonds. The Kier molecular flexibility index (Phi) is 5.00. The second-order valence-corrected chi connectivity index (χ2v) is 5.64. The maximum Gasteiger partial charge on any atom is 0.123 e. The number of ether oxygens (including phenoxy) is 1. The summed E-state index contributed by atoms with van der Waals surface area (Å²) in [5.74, 6) is -0.178. The minimum absolute atomic E-state index is 0.138. The number of rotatable bonds is 4. The van der Waals surface area contributed by atoms with Crippen LogP contribution in [-0.4, -0.2) is 31.8 Å². The van der Waals surface area contributed by atoms with Gasteiger partial charge in [-0.1, -0.05) is 6.92 Å². The Bertz CT molecular complexity index is 442. The summed E-state index contributed by atoms with van der Waals surface area (Å²) in [4.78, 5) is 2.31. The smallest absolute Gasteiger partial charge is 0.123 e. The lowest BCUT2D eigenvalue weighted by Gasteiger charge is -2.38. The van der Waals surface area contributed by atoms with Gasteiger partial charge in [0.2, 0.25) is 0 Å². The molecule has 0 saturated carbocycles. The van der Waals surface area contributed by atoms with Crippen LogP contribution in [0.2, 0.25) is 0 Å². The van der Waals surface area contributed by atoms with Gasteiger partial charge in [-0.2, -0.15) is 0 Å². The van der Waals surface area contributed by atoms with E-state index in [0.29, 0.717) is 0 Å². The van der Waals surface area contributed by atoms with E-state index in [1.165, 1.54) is 0 Å². The quantitative estimate of drug-likeness (QED) is 0.917. The Morgan fingerprint density at radius 1 is 1.35 bits per heavy atom. The molecule has 0 bridgehead atoms. The maximum atomic E-state index is 13.6. The van der Waals surface area contributed by atoms with Crippen LogP contribution in [0.5, 0.6) is 0 Å². The third-order valence-electron chi connectivity index (χ3n) is 3.73. The summed E-state index contributed by atoms with van der Waals surface area (Å²) in [6.45, 7) is 10.9. The largest absolute Gasteiger partial charge is 0.372 e. The van der Waals surface area contributed by atoms with Gasteiger partial charge >= 0.3 is 0 Å². The highest BCUT2D eigenvalue weighted by molar-refractivity contribution is 5.55. The van der Waals surface area contributed by atoms with Crippen LogP contribution >= 0.6 is 0 Å². The van der Waals surface area contributed by atoms with Gasteiger partial charge in [-0.05, 0) is 51.1 Å². The van der Waals surface area contributed by atoms with E-state index in [0.717, 1.165) is 30.9 Å². The fourth-order valence-electron chi connectivity index (χ4n) is 2.95. The molecule has 1 aromatic carbocycles. The lowest BCUT2D eigenvalue weighted by Crippen LogP contribution is -2.46. The van der Waals surface area contributed by atoms with Crippen LogP contribution in [0.15, 0.2) is 18.2 Å². The highest BCUT2D eigenvalue weighted by Crippen LogP contribution is 2.29. The first-order valence-corrected chi connectivity index (χ1v) is 7.44. The fourth-order valence-corrected chi connectivity index (χ4v) is 2.95. The minimum atomic E-state index is -0.178. The van der Waals surface area contributed by atoms with E-state index in [1.807, 2.05) is 6.07 Å².